The molecule has 1 heterocycles. The SMILES string of the molecule is O=C(NCc1ccc(Cl)cc1)C(=O)N1CCN(C(c2ccccc2)c2ccccc2)CC1. The lowest BCUT2D eigenvalue weighted by Gasteiger charge is -2.39. The van der Waals surface area contributed by atoms with Gasteiger partial charge in [-0.05, 0) is 28.8 Å². The Kier molecular flexibility index (Phi) is 7.20. The summed E-state index contributed by atoms with van der Waals surface area (Å²) in [5.74, 6) is -1.05. The van der Waals surface area contributed by atoms with E-state index in [9.17, 15) is 9.59 Å². The van der Waals surface area contributed by atoms with Gasteiger partial charge in [-0.15, -0.1) is 0 Å². The van der Waals surface area contributed by atoms with E-state index in [-0.39, 0.29) is 6.04 Å². The first-order chi connectivity index (χ1) is 15.6. The highest BCUT2D eigenvalue weighted by molar-refractivity contribution is 6.35. The second-order valence-electron chi connectivity index (χ2n) is 7.86. The Morgan fingerprint density at radius 2 is 1.31 bits per heavy atom. The van der Waals surface area contributed by atoms with Crippen LogP contribution in [0.2, 0.25) is 5.02 Å². The highest BCUT2D eigenvalue weighted by Gasteiger charge is 2.30. The highest BCUT2D eigenvalue weighted by atomic mass is 35.5. The fourth-order valence-electron chi connectivity index (χ4n) is 4.07. The molecule has 164 valence electrons. The summed E-state index contributed by atoms with van der Waals surface area (Å²) in [7, 11) is 0. The molecule has 0 bridgehead atoms. The van der Waals surface area contributed by atoms with Crippen LogP contribution in [0.15, 0.2) is 84.9 Å². The topological polar surface area (TPSA) is 52.7 Å². The maximum Gasteiger partial charge on any atom is 0.311 e. The lowest BCUT2D eigenvalue weighted by Crippen LogP contribution is -2.53. The van der Waals surface area contributed by atoms with E-state index in [1.54, 1.807) is 17.0 Å². The molecule has 4 rings (SSSR count). The molecule has 0 atom stereocenters. The van der Waals surface area contributed by atoms with Crippen molar-refractivity contribution < 1.29 is 9.59 Å². The Labute approximate surface area is 193 Å². The molecule has 1 aliphatic rings. The Bertz CT molecular complexity index is 994. The first-order valence-electron chi connectivity index (χ1n) is 10.8. The predicted molar refractivity (Wildman–Crippen MR) is 126 cm³/mol. The standard InChI is InChI=1S/C26H26ClN3O2/c27-23-13-11-20(12-14-23)19-28-25(31)26(32)30-17-15-29(16-18-30)24(21-7-3-1-4-8-21)22-9-5-2-6-10-22/h1-14,24H,15-19H2,(H,28,31). The zero-order valence-corrected chi connectivity index (χ0v) is 18.5. The van der Waals surface area contributed by atoms with Crippen molar-refractivity contribution in [1.29, 1.82) is 0 Å². The quantitative estimate of drug-likeness (QED) is 0.604. The number of carbonyl (C=O) groups excluding carboxylic acids is 2. The van der Waals surface area contributed by atoms with Gasteiger partial charge in [-0.25, -0.2) is 0 Å². The van der Waals surface area contributed by atoms with Gasteiger partial charge < -0.3 is 10.2 Å². The molecule has 3 aromatic carbocycles. The first-order valence-corrected chi connectivity index (χ1v) is 11.1. The Morgan fingerprint density at radius 3 is 1.84 bits per heavy atom. The number of carbonyl (C=O) groups is 2. The fraction of sp³-hybridized carbons (Fsp3) is 0.231. The van der Waals surface area contributed by atoms with Gasteiger partial charge in [0.15, 0.2) is 0 Å². The van der Waals surface area contributed by atoms with E-state index >= 15 is 0 Å². The van der Waals surface area contributed by atoms with Gasteiger partial charge in [0.2, 0.25) is 0 Å². The zero-order valence-electron chi connectivity index (χ0n) is 17.8. The number of hydrogen-bond acceptors (Lipinski definition) is 3. The van der Waals surface area contributed by atoms with E-state index in [4.69, 9.17) is 11.6 Å². The third-order valence-electron chi connectivity index (χ3n) is 5.76. The van der Waals surface area contributed by atoms with Crippen LogP contribution in [-0.2, 0) is 16.1 Å². The molecule has 1 fully saturated rings. The van der Waals surface area contributed by atoms with Crippen molar-refractivity contribution in [2.24, 2.45) is 0 Å². The van der Waals surface area contributed by atoms with Crippen molar-refractivity contribution >= 4 is 23.4 Å². The number of nitrogens with one attached hydrogen (secondary N) is 1. The first kappa shape index (κ1) is 22.1. The summed E-state index contributed by atoms with van der Waals surface area (Å²) >= 11 is 5.89. The van der Waals surface area contributed by atoms with Gasteiger partial charge in [0.05, 0.1) is 6.04 Å². The van der Waals surface area contributed by atoms with Gasteiger partial charge in [0.1, 0.15) is 0 Å². The van der Waals surface area contributed by atoms with Crippen molar-refractivity contribution in [3.05, 3.63) is 107 Å². The number of halogens is 1. The second-order valence-corrected chi connectivity index (χ2v) is 8.30. The Hall–Kier alpha value is -3.15. The summed E-state index contributed by atoms with van der Waals surface area (Å²) in [6.45, 7) is 2.73. The molecule has 0 radical (unpaired) electrons. The summed E-state index contributed by atoms with van der Waals surface area (Å²) in [5, 5.41) is 3.35. The van der Waals surface area contributed by atoms with Crippen molar-refractivity contribution in [3.8, 4) is 0 Å². The number of benzene rings is 3. The van der Waals surface area contributed by atoms with Crippen molar-refractivity contribution in [2.45, 2.75) is 12.6 Å². The monoisotopic (exact) mass is 447 g/mol. The molecule has 6 heteroatoms. The number of nitrogens with zero attached hydrogens (tertiary/aromatic N) is 2. The van der Waals surface area contributed by atoms with E-state index < -0.39 is 11.8 Å². The van der Waals surface area contributed by atoms with Crippen LogP contribution in [0.4, 0.5) is 0 Å². The molecule has 1 N–H and O–H groups in total. The summed E-state index contributed by atoms with van der Waals surface area (Å²) in [6, 6.07) is 28.1. The average Bonchev–Trinajstić information content (AvgIpc) is 2.85. The molecule has 32 heavy (non-hydrogen) atoms. The molecular formula is C26H26ClN3O2. The second kappa shape index (κ2) is 10.4. The predicted octanol–water partition coefficient (Wildman–Crippen LogP) is 3.89. The molecule has 2 amide bonds. The lowest BCUT2D eigenvalue weighted by atomic mass is 9.96. The van der Waals surface area contributed by atoms with E-state index in [2.05, 4.69) is 58.7 Å². The summed E-state index contributed by atoms with van der Waals surface area (Å²) < 4.78 is 0. The molecule has 0 unspecified atom stereocenters. The third-order valence-corrected chi connectivity index (χ3v) is 6.01. The van der Waals surface area contributed by atoms with E-state index in [0.29, 0.717) is 37.7 Å². The molecule has 0 aliphatic carbocycles. The Morgan fingerprint density at radius 1 is 0.781 bits per heavy atom. The number of rotatable bonds is 5. The fourth-order valence-corrected chi connectivity index (χ4v) is 4.20. The zero-order chi connectivity index (χ0) is 22.3. The summed E-state index contributed by atoms with van der Waals surface area (Å²) in [4.78, 5) is 29.1. The summed E-state index contributed by atoms with van der Waals surface area (Å²) in [6.07, 6.45) is 0. The van der Waals surface area contributed by atoms with Gasteiger partial charge in [-0.1, -0.05) is 84.4 Å². The molecule has 0 aromatic heterocycles. The van der Waals surface area contributed by atoms with Crippen molar-refractivity contribution in [3.63, 3.8) is 0 Å². The third kappa shape index (κ3) is 5.36. The molecule has 1 saturated heterocycles. The molecule has 0 spiro atoms. The lowest BCUT2D eigenvalue weighted by molar-refractivity contribution is -0.147. The van der Waals surface area contributed by atoms with Crippen LogP contribution in [0.25, 0.3) is 0 Å². The van der Waals surface area contributed by atoms with Gasteiger partial charge in [0.25, 0.3) is 0 Å². The minimum absolute atomic E-state index is 0.119. The van der Waals surface area contributed by atoms with Crippen LogP contribution in [0.5, 0.6) is 0 Å². The molecular weight excluding hydrogens is 422 g/mol. The molecule has 5 nitrogen and oxygen atoms in total. The van der Waals surface area contributed by atoms with Crippen molar-refractivity contribution in [1.82, 2.24) is 15.1 Å². The van der Waals surface area contributed by atoms with Gasteiger partial charge in [-0.3, -0.25) is 14.5 Å². The Balaban J connectivity index is 1.37. The number of piperazine rings is 1. The van der Waals surface area contributed by atoms with Crippen LogP contribution >= 0.6 is 11.6 Å². The largest absolute Gasteiger partial charge is 0.344 e. The van der Waals surface area contributed by atoms with Crippen LogP contribution in [0, 0.1) is 0 Å². The molecule has 0 saturated carbocycles. The van der Waals surface area contributed by atoms with E-state index in [1.165, 1.54) is 11.1 Å². The smallest absolute Gasteiger partial charge is 0.311 e. The van der Waals surface area contributed by atoms with E-state index in [0.717, 1.165) is 5.56 Å². The molecule has 3 aromatic rings. The minimum atomic E-state index is -0.573. The maximum absolute atomic E-state index is 12.7. The van der Waals surface area contributed by atoms with Gasteiger partial charge >= 0.3 is 11.8 Å². The molecule has 1 aliphatic heterocycles. The maximum atomic E-state index is 12.7. The summed E-state index contributed by atoms with van der Waals surface area (Å²) in [5.41, 5.74) is 3.34. The van der Waals surface area contributed by atoms with Crippen molar-refractivity contribution in [2.75, 3.05) is 26.2 Å². The van der Waals surface area contributed by atoms with Crippen LogP contribution in [0.1, 0.15) is 22.7 Å². The van der Waals surface area contributed by atoms with E-state index in [1.807, 2.05) is 24.3 Å². The number of amides is 2. The average molecular weight is 448 g/mol. The van der Waals surface area contributed by atoms with Gasteiger partial charge in [-0.2, -0.15) is 0 Å². The minimum Gasteiger partial charge on any atom is -0.344 e. The van der Waals surface area contributed by atoms with Gasteiger partial charge in [0, 0.05) is 37.7 Å². The number of hydrogen-bond donors (Lipinski definition) is 1. The normalized spacial score (nSPS) is 14.4. The van der Waals surface area contributed by atoms with Crippen LogP contribution in [-0.4, -0.2) is 47.8 Å². The van der Waals surface area contributed by atoms with Crippen LogP contribution < -0.4 is 5.32 Å². The van der Waals surface area contributed by atoms with Crippen LogP contribution in [0.3, 0.4) is 0 Å². The highest BCUT2D eigenvalue weighted by Crippen LogP contribution is 2.29.